The molecule has 2 aliphatic rings. The van der Waals surface area contributed by atoms with E-state index in [-0.39, 0.29) is 24.1 Å². The normalized spacial score (nSPS) is 20.5. The SMILES string of the molecule is Cl.O=C(CCC1CCNC1)N(Cc1ccc(F)cc1)C1CC1. The van der Waals surface area contributed by atoms with Gasteiger partial charge in [0.2, 0.25) is 5.91 Å². The highest BCUT2D eigenvalue weighted by Crippen LogP contribution is 2.29. The van der Waals surface area contributed by atoms with Crippen molar-refractivity contribution < 1.29 is 9.18 Å². The number of nitrogens with one attached hydrogen (secondary N) is 1. The molecule has 0 aromatic heterocycles. The van der Waals surface area contributed by atoms with E-state index >= 15 is 0 Å². The molecule has 1 N–H and O–H groups in total. The third kappa shape index (κ3) is 4.68. The smallest absolute Gasteiger partial charge is 0.223 e. The molecule has 0 spiro atoms. The van der Waals surface area contributed by atoms with Gasteiger partial charge in [0.25, 0.3) is 0 Å². The average Bonchev–Trinajstić information content (AvgIpc) is 3.19. The van der Waals surface area contributed by atoms with Gasteiger partial charge in [-0.15, -0.1) is 12.4 Å². The van der Waals surface area contributed by atoms with E-state index in [4.69, 9.17) is 0 Å². The van der Waals surface area contributed by atoms with Crippen molar-refractivity contribution in [3.8, 4) is 0 Å². The third-order valence-electron chi connectivity index (χ3n) is 4.50. The molecule has 0 bridgehead atoms. The van der Waals surface area contributed by atoms with Crippen molar-refractivity contribution in [2.75, 3.05) is 13.1 Å². The lowest BCUT2D eigenvalue weighted by Gasteiger charge is -2.23. The zero-order valence-corrected chi connectivity index (χ0v) is 13.6. The van der Waals surface area contributed by atoms with Crippen LogP contribution >= 0.6 is 12.4 Å². The highest BCUT2D eigenvalue weighted by Gasteiger charge is 2.32. The summed E-state index contributed by atoms with van der Waals surface area (Å²) in [6, 6.07) is 6.89. The van der Waals surface area contributed by atoms with Crippen LogP contribution in [-0.4, -0.2) is 29.9 Å². The number of hydrogen-bond acceptors (Lipinski definition) is 2. The number of rotatable bonds is 6. The van der Waals surface area contributed by atoms with Crippen LogP contribution < -0.4 is 5.32 Å². The maximum atomic E-state index is 13.0. The Morgan fingerprint density at radius 3 is 2.55 bits per heavy atom. The van der Waals surface area contributed by atoms with Crippen LogP contribution in [0.3, 0.4) is 0 Å². The fourth-order valence-electron chi connectivity index (χ4n) is 3.03. The van der Waals surface area contributed by atoms with Crippen molar-refractivity contribution in [2.45, 2.75) is 44.7 Å². The summed E-state index contributed by atoms with van der Waals surface area (Å²) < 4.78 is 13.0. The molecule has 1 unspecified atom stereocenters. The first-order valence-electron chi connectivity index (χ1n) is 7.97. The van der Waals surface area contributed by atoms with E-state index in [1.807, 2.05) is 4.90 Å². The molecule has 1 aliphatic heterocycles. The Bertz CT molecular complexity index is 484. The minimum absolute atomic E-state index is 0. The third-order valence-corrected chi connectivity index (χ3v) is 4.50. The Hall–Kier alpha value is -1.13. The summed E-state index contributed by atoms with van der Waals surface area (Å²) in [5, 5.41) is 3.35. The zero-order chi connectivity index (χ0) is 14.7. The van der Waals surface area contributed by atoms with Crippen molar-refractivity contribution >= 4 is 18.3 Å². The number of halogens is 2. The molecule has 1 saturated carbocycles. The monoisotopic (exact) mass is 326 g/mol. The fourth-order valence-corrected chi connectivity index (χ4v) is 3.03. The zero-order valence-electron chi connectivity index (χ0n) is 12.8. The van der Waals surface area contributed by atoms with E-state index in [0.29, 0.717) is 24.9 Å². The lowest BCUT2D eigenvalue weighted by molar-refractivity contribution is -0.132. The summed E-state index contributed by atoms with van der Waals surface area (Å²) in [4.78, 5) is 14.5. The minimum atomic E-state index is -0.225. The molecular weight excluding hydrogens is 303 g/mol. The lowest BCUT2D eigenvalue weighted by atomic mass is 10.0. The maximum absolute atomic E-state index is 13.0. The van der Waals surface area contributed by atoms with Crippen LogP contribution in [-0.2, 0) is 11.3 Å². The molecule has 2 fully saturated rings. The summed E-state index contributed by atoms with van der Waals surface area (Å²) in [6.07, 6.45) is 5.03. The molecule has 5 heteroatoms. The largest absolute Gasteiger partial charge is 0.335 e. The molecule has 1 saturated heterocycles. The molecular formula is C17H24ClFN2O. The molecule has 122 valence electrons. The standard InChI is InChI=1S/C17H23FN2O.ClH/c18-15-4-1-14(2-5-15)12-20(16-6-7-16)17(21)8-3-13-9-10-19-11-13;/h1-2,4-5,13,16,19H,3,6-12H2;1H. The van der Waals surface area contributed by atoms with Gasteiger partial charge in [-0.1, -0.05) is 12.1 Å². The van der Waals surface area contributed by atoms with Crippen molar-refractivity contribution in [1.82, 2.24) is 10.2 Å². The van der Waals surface area contributed by atoms with Gasteiger partial charge in [0.05, 0.1) is 0 Å². The highest BCUT2D eigenvalue weighted by molar-refractivity contribution is 5.85. The average molecular weight is 327 g/mol. The van der Waals surface area contributed by atoms with Gasteiger partial charge in [0.1, 0.15) is 5.82 Å². The fraction of sp³-hybridized carbons (Fsp3) is 0.588. The number of amides is 1. The summed E-state index contributed by atoms with van der Waals surface area (Å²) in [5.74, 6) is 0.686. The molecule has 1 heterocycles. The summed E-state index contributed by atoms with van der Waals surface area (Å²) >= 11 is 0. The van der Waals surface area contributed by atoms with Crippen LogP contribution in [0.4, 0.5) is 4.39 Å². The first-order chi connectivity index (χ1) is 10.2. The molecule has 1 aromatic rings. The van der Waals surface area contributed by atoms with E-state index in [0.717, 1.165) is 37.9 Å². The Morgan fingerprint density at radius 1 is 1.23 bits per heavy atom. The van der Waals surface area contributed by atoms with Crippen LogP contribution in [0.25, 0.3) is 0 Å². The first kappa shape index (κ1) is 17.2. The van der Waals surface area contributed by atoms with E-state index in [1.54, 1.807) is 12.1 Å². The van der Waals surface area contributed by atoms with Crippen molar-refractivity contribution in [2.24, 2.45) is 5.92 Å². The molecule has 1 atom stereocenters. The Kier molecular flexibility index (Phi) is 6.21. The first-order valence-corrected chi connectivity index (χ1v) is 7.97. The van der Waals surface area contributed by atoms with Crippen LogP contribution in [0, 0.1) is 11.7 Å². The van der Waals surface area contributed by atoms with E-state index < -0.39 is 0 Å². The molecule has 1 aromatic carbocycles. The number of hydrogen-bond donors (Lipinski definition) is 1. The molecule has 3 rings (SSSR count). The van der Waals surface area contributed by atoms with Gasteiger partial charge in [-0.05, 0) is 62.4 Å². The number of carbonyl (C=O) groups is 1. The Labute approximate surface area is 137 Å². The second kappa shape index (κ2) is 7.93. The second-order valence-corrected chi connectivity index (χ2v) is 6.28. The Balaban J connectivity index is 0.00000176. The molecule has 1 amide bonds. The van der Waals surface area contributed by atoms with Gasteiger partial charge in [-0.3, -0.25) is 4.79 Å². The molecule has 22 heavy (non-hydrogen) atoms. The Morgan fingerprint density at radius 2 is 1.95 bits per heavy atom. The predicted molar refractivity (Wildman–Crippen MR) is 87.4 cm³/mol. The molecule has 0 radical (unpaired) electrons. The van der Waals surface area contributed by atoms with Crippen LogP contribution in [0.2, 0.25) is 0 Å². The van der Waals surface area contributed by atoms with Crippen LogP contribution in [0.15, 0.2) is 24.3 Å². The lowest BCUT2D eigenvalue weighted by Crippen LogP contribution is -2.32. The van der Waals surface area contributed by atoms with Gasteiger partial charge in [0, 0.05) is 19.0 Å². The van der Waals surface area contributed by atoms with Crippen LogP contribution in [0.5, 0.6) is 0 Å². The van der Waals surface area contributed by atoms with Crippen molar-refractivity contribution in [1.29, 1.82) is 0 Å². The number of benzene rings is 1. The van der Waals surface area contributed by atoms with E-state index in [9.17, 15) is 9.18 Å². The predicted octanol–water partition coefficient (Wildman–Crippen LogP) is 3.13. The number of carbonyl (C=O) groups excluding carboxylic acids is 1. The van der Waals surface area contributed by atoms with Gasteiger partial charge in [-0.2, -0.15) is 0 Å². The van der Waals surface area contributed by atoms with Crippen LogP contribution in [0.1, 0.15) is 37.7 Å². The highest BCUT2D eigenvalue weighted by atomic mass is 35.5. The van der Waals surface area contributed by atoms with Gasteiger partial charge in [-0.25, -0.2) is 4.39 Å². The van der Waals surface area contributed by atoms with Gasteiger partial charge >= 0.3 is 0 Å². The topological polar surface area (TPSA) is 32.3 Å². The molecule has 1 aliphatic carbocycles. The maximum Gasteiger partial charge on any atom is 0.223 e. The summed E-state index contributed by atoms with van der Waals surface area (Å²) in [7, 11) is 0. The van der Waals surface area contributed by atoms with E-state index in [2.05, 4.69) is 5.32 Å². The van der Waals surface area contributed by atoms with Crippen molar-refractivity contribution in [3.05, 3.63) is 35.6 Å². The second-order valence-electron chi connectivity index (χ2n) is 6.28. The summed E-state index contributed by atoms with van der Waals surface area (Å²) in [6.45, 7) is 2.75. The van der Waals surface area contributed by atoms with Gasteiger partial charge < -0.3 is 10.2 Å². The molecule has 3 nitrogen and oxygen atoms in total. The van der Waals surface area contributed by atoms with E-state index in [1.165, 1.54) is 18.6 Å². The quantitative estimate of drug-likeness (QED) is 0.871. The summed E-state index contributed by atoms with van der Waals surface area (Å²) in [5.41, 5.74) is 1.01. The minimum Gasteiger partial charge on any atom is -0.335 e. The van der Waals surface area contributed by atoms with Crippen molar-refractivity contribution in [3.63, 3.8) is 0 Å². The van der Waals surface area contributed by atoms with Gasteiger partial charge in [0.15, 0.2) is 0 Å². The number of nitrogens with zero attached hydrogens (tertiary/aromatic N) is 1.